The van der Waals surface area contributed by atoms with Crippen LogP contribution in [0.2, 0.25) is 0 Å². The molecule has 1 aromatic carbocycles. The lowest BCUT2D eigenvalue weighted by Crippen LogP contribution is -2.43. The van der Waals surface area contributed by atoms with Gasteiger partial charge in [-0.3, -0.25) is 4.79 Å². The van der Waals surface area contributed by atoms with Crippen molar-refractivity contribution in [3.63, 3.8) is 0 Å². The monoisotopic (exact) mass is 428 g/mol. The second-order valence-corrected chi connectivity index (χ2v) is 7.68. The van der Waals surface area contributed by atoms with E-state index in [1.54, 1.807) is 30.5 Å². The molecule has 1 aliphatic carbocycles. The number of carbonyl (C=O) groups is 2. The minimum absolute atomic E-state index is 0.0884. The van der Waals surface area contributed by atoms with Gasteiger partial charge in [0.1, 0.15) is 11.6 Å². The normalized spacial score (nSPS) is 14.0. The fourth-order valence-electron chi connectivity index (χ4n) is 3.45. The highest BCUT2D eigenvalue weighted by molar-refractivity contribution is 5.76. The molecule has 3 amide bonds. The van der Waals surface area contributed by atoms with Crippen LogP contribution >= 0.6 is 0 Å². The topological polar surface area (TPSA) is 92.4 Å². The molecule has 2 aromatic rings. The summed E-state index contributed by atoms with van der Waals surface area (Å²) in [6.45, 7) is 0.807. The Balaban J connectivity index is 1.29. The summed E-state index contributed by atoms with van der Waals surface area (Å²) < 4.78 is 18.7. The van der Waals surface area contributed by atoms with Crippen LogP contribution in [0, 0.1) is 5.82 Å². The summed E-state index contributed by atoms with van der Waals surface area (Å²) in [7, 11) is 0. The number of hydrogen-bond acceptors (Lipinski definition) is 4. The molecule has 0 aliphatic heterocycles. The van der Waals surface area contributed by atoms with Crippen LogP contribution in [-0.4, -0.2) is 29.5 Å². The first-order valence-electron chi connectivity index (χ1n) is 10.8. The van der Waals surface area contributed by atoms with Gasteiger partial charge in [0.2, 0.25) is 11.8 Å². The van der Waals surface area contributed by atoms with E-state index in [0.29, 0.717) is 37.6 Å². The Kier molecular flexibility index (Phi) is 8.63. The molecule has 31 heavy (non-hydrogen) atoms. The van der Waals surface area contributed by atoms with Crippen LogP contribution < -0.4 is 20.7 Å². The molecule has 0 saturated heterocycles. The van der Waals surface area contributed by atoms with E-state index >= 15 is 0 Å². The summed E-state index contributed by atoms with van der Waals surface area (Å²) in [6.07, 6.45) is 8.18. The number of urea groups is 1. The van der Waals surface area contributed by atoms with Gasteiger partial charge in [-0.2, -0.15) is 0 Å². The molecule has 0 radical (unpaired) electrons. The van der Waals surface area contributed by atoms with Crippen molar-refractivity contribution in [2.75, 3.05) is 6.54 Å². The van der Waals surface area contributed by atoms with Crippen molar-refractivity contribution < 1.29 is 18.7 Å². The molecule has 1 heterocycles. The van der Waals surface area contributed by atoms with Crippen molar-refractivity contribution in [2.45, 2.75) is 57.5 Å². The first-order valence-corrected chi connectivity index (χ1v) is 10.8. The smallest absolute Gasteiger partial charge is 0.315 e. The number of nitrogens with zero attached hydrogens (tertiary/aromatic N) is 1. The summed E-state index contributed by atoms with van der Waals surface area (Å²) >= 11 is 0. The fourth-order valence-corrected chi connectivity index (χ4v) is 3.45. The van der Waals surface area contributed by atoms with E-state index in [0.717, 1.165) is 18.4 Å². The average molecular weight is 429 g/mol. The fraction of sp³-hybridized carbons (Fsp3) is 0.435. The van der Waals surface area contributed by atoms with Gasteiger partial charge in [-0.25, -0.2) is 14.2 Å². The Morgan fingerprint density at radius 2 is 1.94 bits per heavy atom. The predicted octanol–water partition coefficient (Wildman–Crippen LogP) is 4.04. The number of hydrogen-bond donors (Lipinski definition) is 3. The van der Waals surface area contributed by atoms with Gasteiger partial charge in [0.25, 0.3) is 0 Å². The van der Waals surface area contributed by atoms with Gasteiger partial charge in [0, 0.05) is 43.9 Å². The Hall–Kier alpha value is -3.16. The van der Waals surface area contributed by atoms with Crippen molar-refractivity contribution in [1.29, 1.82) is 0 Å². The van der Waals surface area contributed by atoms with Gasteiger partial charge in [-0.15, -0.1) is 0 Å². The first kappa shape index (κ1) is 22.5. The van der Waals surface area contributed by atoms with E-state index in [1.807, 2.05) is 0 Å². The summed E-state index contributed by atoms with van der Waals surface area (Å²) in [4.78, 5) is 28.0. The van der Waals surface area contributed by atoms with Gasteiger partial charge < -0.3 is 20.7 Å². The molecule has 1 aromatic heterocycles. The van der Waals surface area contributed by atoms with Crippen molar-refractivity contribution in [1.82, 2.24) is 20.9 Å². The zero-order valence-corrected chi connectivity index (χ0v) is 17.5. The number of nitrogens with one attached hydrogen (secondary N) is 3. The third-order valence-electron chi connectivity index (χ3n) is 5.11. The quantitative estimate of drug-likeness (QED) is 0.526. The summed E-state index contributed by atoms with van der Waals surface area (Å²) in [6, 6.07) is 9.41. The molecule has 0 bridgehead atoms. The zero-order chi connectivity index (χ0) is 21.9. The number of benzene rings is 1. The lowest BCUT2D eigenvalue weighted by Gasteiger charge is -2.22. The van der Waals surface area contributed by atoms with Crippen LogP contribution in [0.15, 0.2) is 42.6 Å². The summed E-state index contributed by atoms with van der Waals surface area (Å²) in [5.41, 5.74) is 0.824. The van der Waals surface area contributed by atoms with Crippen LogP contribution in [0.3, 0.4) is 0 Å². The molecule has 1 saturated carbocycles. The third kappa shape index (κ3) is 8.24. The predicted molar refractivity (Wildman–Crippen MR) is 115 cm³/mol. The van der Waals surface area contributed by atoms with Crippen molar-refractivity contribution in [3.8, 4) is 11.6 Å². The first-order chi connectivity index (χ1) is 15.1. The van der Waals surface area contributed by atoms with E-state index in [2.05, 4.69) is 20.9 Å². The van der Waals surface area contributed by atoms with E-state index in [-0.39, 0.29) is 23.8 Å². The van der Waals surface area contributed by atoms with Gasteiger partial charge >= 0.3 is 6.03 Å². The summed E-state index contributed by atoms with van der Waals surface area (Å²) in [5.74, 6) is 0.249. The molecular formula is C23H29FN4O3. The minimum Gasteiger partial charge on any atom is -0.439 e. The minimum atomic E-state index is -0.378. The van der Waals surface area contributed by atoms with Gasteiger partial charge in [-0.05, 0) is 37.0 Å². The van der Waals surface area contributed by atoms with Crippen LogP contribution in [0.4, 0.5) is 9.18 Å². The maximum Gasteiger partial charge on any atom is 0.315 e. The van der Waals surface area contributed by atoms with Crippen LogP contribution in [0.25, 0.3) is 0 Å². The van der Waals surface area contributed by atoms with Crippen molar-refractivity contribution in [2.24, 2.45) is 0 Å². The molecule has 0 unspecified atom stereocenters. The molecule has 1 aliphatic rings. The molecule has 0 spiro atoms. The van der Waals surface area contributed by atoms with E-state index in [4.69, 9.17) is 4.74 Å². The second-order valence-electron chi connectivity index (χ2n) is 7.68. The number of aromatic nitrogens is 1. The zero-order valence-electron chi connectivity index (χ0n) is 17.5. The highest BCUT2D eigenvalue weighted by Gasteiger charge is 2.15. The number of ether oxygens (including phenoxy) is 1. The van der Waals surface area contributed by atoms with E-state index in [9.17, 15) is 14.0 Å². The molecule has 0 atom stereocenters. The largest absolute Gasteiger partial charge is 0.439 e. The molecule has 3 rings (SSSR count). The number of pyridine rings is 1. The standard InChI is InChI=1S/C23H29FN4O3/c24-18-6-4-9-20(14-18)31-22-12-11-17(16-27-22)15-26-21(29)10-5-13-25-23(30)28-19-7-2-1-3-8-19/h4,6,9,11-12,14,16,19H,1-3,5,7-8,10,13,15H2,(H,26,29)(H2,25,28,30). The average Bonchev–Trinajstić information content (AvgIpc) is 2.77. The SMILES string of the molecule is O=C(CCCNC(=O)NC1CCCCC1)NCc1ccc(Oc2cccc(F)c2)nc1. The molecule has 3 N–H and O–H groups in total. The molecular weight excluding hydrogens is 399 g/mol. The number of amides is 3. The number of halogens is 1. The maximum absolute atomic E-state index is 13.2. The van der Waals surface area contributed by atoms with Crippen LogP contribution in [0.1, 0.15) is 50.5 Å². The summed E-state index contributed by atoms with van der Waals surface area (Å²) in [5, 5.41) is 8.63. The van der Waals surface area contributed by atoms with Crippen molar-refractivity contribution >= 4 is 11.9 Å². The third-order valence-corrected chi connectivity index (χ3v) is 5.11. The number of rotatable bonds is 9. The Labute approximate surface area is 181 Å². The highest BCUT2D eigenvalue weighted by Crippen LogP contribution is 2.20. The number of carbonyl (C=O) groups excluding carboxylic acids is 2. The Bertz CT molecular complexity index is 854. The van der Waals surface area contributed by atoms with Crippen LogP contribution in [-0.2, 0) is 11.3 Å². The maximum atomic E-state index is 13.2. The molecule has 7 nitrogen and oxygen atoms in total. The highest BCUT2D eigenvalue weighted by atomic mass is 19.1. The lowest BCUT2D eigenvalue weighted by atomic mass is 9.96. The van der Waals surface area contributed by atoms with Gasteiger partial charge in [0.15, 0.2) is 0 Å². The Morgan fingerprint density at radius 3 is 2.68 bits per heavy atom. The molecule has 8 heteroatoms. The molecule has 1 fully saturated rings. The second kappa shape index (κ2) is 11.9. The van der Waals surface area contributed by atoms with Crippen molar-refractivity contribution in [3.05, 3.63) is 54.0 Å². The Morgan fingerprint density at radius 1 is 1.10 bits per heavy atom. The van der Waals surface area contributed by atoms with Gasteiger partial charge in [0.05, 0.1) is 0 Å². The van der Waals surface area contributed by atoms with Crippen LogP contribution in [0.5, 0.6) is 11.6 Å². The van der Waals surface area contributed by atoms with E-state index in [1.165, 1.54) is 31.4 Å². The lowest BCUT2D eigenvalue weighted by molar-refractivity contribution is -0.121. The van der Waals surface area contributed by atoms with E-state index < -0.39 is 0 Å². The molecule has 166 valence electrons. The van der Waals surface area contributed by atoms with Gasteiger partial charge in [-0.1, -0.05) is 31.4 Å².